The highest BCUT2D eigenvalue weighted by Crippen LogP contribution is 2.30. The Morgan fingerprint density at radius 1 is 0.448 bits per heavy atom. The fourth-order valence-corrected chi connectivity index (χ4v) is 3.65. The van der Waals surface area contributed by atoms with Gasteiger partial charge in [0, 0.05) is 0 Å². The van der Waals surface area contributed by atoms with Gasteiger partial charge in [0.1, 0.15) is 0 Å². The average molecular weight is 383 g/mol. The van der Waals surface area contributed by atoms with Crippen LogP contribution in [-0.2, 0) is 12.8 Å². The fourth-order valence-electron chi connectivity index (χ4n) is 3.65. The minimum Gasteiger partial charge on any atom is -0.454 e. The maximum absolute atomic E-state index is 5.08. The molecule has 2 nitrogen and oxygen atoms in total. The summed E-state index contributed by atoms with van der Waals surface area (Å²) in [5.74, 6) is 1.69. The summed E-state index contributed by atoms with van der Waals surface area (Å²) < 4.78 is 10.2. The first kappa shape index (κ1) is 19.1. The number of para-hydroxylation sites is 2. The molecule has 1 heterocycles. The van der Waals surface area contributed by atoms with Gasteiger partial charge in [0.25, 0.3) is 0 Å². The van der Waals surface area contributed by atoms with Gasteiger partial charge >= 0.3 is 0 Å². The van der Waals surface area contributed by atoms with Gasteiger partial charge in [0.05, 0.1) is 0 Å². The van der Waals surface area contributed by atoms with Crippen molar-refractivity contribution in [3.63, 3.8) is 0 Å². The van der Waals surface area contributed by atoms with Crippen molar-refractivity contribution in [1.29, 1.82) is 0 Å². The van der Waals surface area contributed by atoms with Gasteiger partial charge in [-0.05, 0) is 59.7 Å². The second kappa shape index (κ2) is 9.79. The normalized spacial score (nSPS) is 13.4. The molecular formula is C27H26O2. The molecule has 0 fully saturated rings. The Morgan fingerprint density at radius 3 is 1.28 bits per heavy atom. The van der Waals surface area contributed by atoms with Gasteiger partial charge in [-0.25, -0.2) is 0 Å². The van der Waals surface area contributed by atoms with Crippen LogP contribution in [0.5, 0.6) is 11.5 Å². The Hall–Kier alpha value is -3.26. The molecule has 0 N–H and O–H groups in total. The first-order valence-corrected chi connectivity index (χ1v) is 10.3. The van der Waals surface area contributed by atoms with Gasteiger partial charge in [-0.2, -0.15) is 0 Å². The van der Waals surface area contributed by atoms with E-state index in [-0.39, 0.29) is 0 Å². The largest absolute Gasteiger partial charge is 0.454 e. The highest BCUT2D eigenvalue weighted by Gasteiger charge is 2.09. The van der Waals surface area contributed by atoms with Crippen LogP contribution in [0.25, 0.3) is 10.8 Å². The molecule has 0 saturated heterocycles. The molecule has 1 aliphatic heterocycles. The molecule has 1 aliphatic carbocycles. The van der Waals surface area contributed by atoms with Crippen LogP contribution in [0.4, 0.5) is 0 Å². The van der Waals surface area contributed by atoms with Crippen LogP contribution in [0.3, 0.4) is 0 Å². The van der Waals surface area contributed by atoms with Crippen molar-refractivity contribution in [2.75, 3.05) is 6.79 Å². The number of aryl methyl sites for hydroxylation is 2. The standard InChI is InChI=1S/C10H12.C10H8.C7H6O2/c2*1-2-6-10-8-4-3-7-9(10)5-1;1-2-4-7-6(3-1)8-5-9-7/h1-2,5-6H,3-4,7-8H2;1-8H;1-4H,5H2. The summed E-state index contributed by atoms with van der Waals surface area (Å²) in [6.07, 6.45) is 5.38. The second-order valence-electron chi connectivity index (χ2n) is 7.18. The third-order valence-electron chi connectivity index (χ3n) is 5.20. The summed E-state index contributed by atoms with van der Waals surface area (Å²) in [4.78, 5) is 0. The van der Waals surface area contributed by atoms with Gasteiger partial charge in [0.2, 0.25) is 6.79 Å². The van der Waals surface area contributed by atoms with Crippen molar-refractivity contribution in [2.45, 2.75) is 25.7 Å². The molecular weight excluding hydrogens is 356 g/mol. The highest BCUT2D eigenvalue weighted by atomic mass is 16.7. The van der Waals surface area contributed by atoms with Crippen molar-refractivity contribution in [2.24, 2.45) is 0 Å². The molecule has 0 radical (unpaired) electrons. The van der Waals surface area contributed by atoms with E-state index >= 15 is 0 Å². The summed E-state index contributed by atoms with van der Waals surface area (Å²) in [7, 11) is 0. The Morgan fingerprint density at radius 2 is 0.828 bits per heavy atom. The molecule has 4 aromatic rings. The Balaban J connectivity index is 0.000000106. The monoisotopic (exact) mass is 382 g/mol. The van der Waals surface area contributed by atoms with Crippen molar-refractivity contribution >= 4 is 10.8 Å². The first-order valence-electron chi connectivity index (χ1n) is 10.3. The molecule has 2 heteroatoms. The molecule has 0 atom stereocenters. The first-order chi connectivity index (χ1) is 14.4. The lowest BCUT2D eigenvalue weighted by atomic mass is 9.92. The number of fused-ring (bicyclic) bond motifs is 3. The summed E-state index contributed by atoms with van der Waals surface area (Å²) in [5.41, 5.74) is 3.16. The molecule has 6 rings (SSSR count). The third-order valence-corrected chi connectivity index (χ3v) is 5.20. The van der Waals surface area contributed by atoms with Gasteiger partial charge in [-0.3, -0.25) is 0 Å². The van der Waals surface area contributed by atoms with Crippen molar-refractivity contribution in [3.05, 3.63) is 108 Å². The van der Waals surface area contributed by atoms with Gasteiger partial charge in [0.15, 0.2) is 11.5 Å². The Labute approximate surface area is 172 Å². The van der Waals surface area contributed by atoms with E-state index in [9.17, 15) is 0 Å². The van der Waals surface area contributed by atoms with Crippen LogP contribution in [0.15, 0.2) is 97.1 Å². The quantitative estimate of drug-likeness (QED) is 0.332. The van der Waals surface area contributed by atoms with E-state index in [2.05, 4.69) is 72.8 Å². The zero-order valence-corrected chi connectivity index (χ0v) is 16.6. The van der Waals surface area contributed by atoms with Crippen LogP contribution >= 0.6 is 0 Å². The van der Waals surface area contributed by atoms with Gasteiger partial charge in [-0.15, -0.1) is 0 Å². The second-order valence-corrected chi connectivity index (χ2v) is 7.18. The number of hydrogen-bond donors (Lipinski definition) is 0. The third kappa shape index (κ3) is 5.17. The zero-order chi connectivity index (χ0) is 19.7. The van der Waals surface area contributed by atoms with Crippen LogP contribution in [0, 0.1) is 0 Å². The minimum atomic E-state index is 0.360. The van der Waals surface area contributed by atoms with E-state index in [4.69, 9.17) is 9.47 Å². The van der Waals surface area contributed by atoms with E-state index in [0.29, 0.717) is 6.79 Å². The minimum absolute atomic E-state index is 0.360. The van der Waals surface area contributed by atoms with Crippen LogP contribution in [-0.4, -0.2) is 6.79 Å². The molecule has 2 aliphatic rings. The van der Waals surface area contributed by atoms with Crippen LogP contribution in [0.1, 0.15) is 24.0 Å². The van der Waals surface area contributed by atoms with E-state index in [1.54, 1.807) is 11.1 Å². The molecule has 0 saturated carbocycles. The zero-order valence-electron chi connectivity index (χ0n) is 16.6. The van der Waals surface area contributed by atoms with Crippen molar-refractivity contribution < 1.29 is 9.47 Å². The topological polar surface area (TPSA) is 18.5 Å². The smallest absolute Gasteiger partial charge is 0.231 e. The van der Waals surface area contributed by atoms with E-state index in [1.807, 2.05) is 24.3 Å². The number of rotatable bonds is 0. The lowest BCUT2D eigenvalue weighted by Crippen LogP contribution is -2.00. The molecule has 0 aromatic heterocycles. The van der Waals surface area contributed by atoms with Crippen molar-refractivity contribution in [1.82, 2.24) is 0 Å². The number of ether oxygens (including phenoxy) is 2. The predicted octanol–water partition coefficient (Wildman–Crippen LogP) is 6.82. The molecule has 0 unspecified atom stereocenters. The Kier molecular flexibility index (Phi) is 6.44. The van der Waals surface area contributed by atoms with Crippen molar-refractivity contribution in [3.8, 4) is 11.5 Å². The SMILES string of the molecule is c1ccc2c(c1)CCCC2.c1ccc2c(c1)OCO2.c1ccc2ccccc2c1. The van der Waals surface area contributed by atoms with Crippen LogP contribution in [0.2, 0.25) is 0 Å². The summed E-state index contributed by atoms with van der Waals surface area (Å²) in [6.45, 7) is 0.360. The number of hydrogen-bond acceptors (Lipinski definition) is 2. The van der Waals surface area contributed by atoms with Crippen LogP contribution < -0.4 is 9.47 Å². The highest BCUT2D eigenvalue weighted by molar-refractivity contribution is 5.82. The summed E-state index contributed by atoms with van der Waals surface area (Å²) >= 11 is 0. The van der Waals surface area contributed by atoms with E-state index < -0.39 is 0 Å². The summed E-state index contributed by atoms with van der Waals surface area (Å²) in [6, 6.07) is 33.1. The molecule has 0 amide bonds. The Bertz CT molecular complexity index is 941. The lowest BCUT2D eigenvalue weighted by molar-refractivity contribution is 0.174. The molecule has 0 bridgehead atoms. The molecule has 29 heavy (non-hydrogen) atoms. The van der Waals surface area contributed by atoms with E-state index in [1.165, 1.54) is 36.5 Å². The van der Waals surface area contributed by atoms with Gasteiger partial charge < -0.3 is 9.47 Å². The molecule has 146 valence electrons. The fraction of sp³-hybridized carbons (Fsp3) is 0.185. The molecule has 4 aromatic carbocycles. The maximum atomic E-state index is 5.08. The van der Waals surface area contributed by atoms with E-state index in [0.717, 1.165) is 11.5 Å². The maximum Gasteiger partial charge on any atom is 0.231 e. The lowest BCUT2D eigenvalue weighted by Gasteiger charge is -2.13. The van der Waals surface area contributed by atoms with Gasteiger partial charge in [-0.1, -0.05) is 84.9 Å². The number of benzene rings is 4. The molecule has 0 spiro atoms. The average Bonchev–Trinajstić information content (AvgIpc) is 3.29. The predicted molar refractivity (Wildman–Crippen MR) is 120 cm³/mol. The summed E-state index contributed by atoms with van der Waals surface area (Å²) in [5, 5.41) is 2.62.